The third-order valence-corrected chi connectivity index (χ3v) is 5.83. The molecule has 0 unspecified atom stereocenters. The smallest absolute Gasteiger partial charge is 0.317 e. The largest absolute Gasteiger partial charge is 0.343 e. The minimum atomic E-state index is -0.0489. The van der Waals surface area contributed by atoms with Crippen molar-refractivity contribution in [2.24, 2.45) is 0 Å². The van der Waals surface area contributed by atoms with Gasteiger partial charge in [-0.15, -0.1) is 0 Å². The van der Waals surface area contributed by atoms with Crippen LogP contribution in [-0.2, 0) is 10.2 Å². The van der Waals surface area contributed by atoms with Crippen molar-refractivity contribution in [3.63, 3.8) is 0 Å². The molecule has 3 amide bonds. The molecular weight excluding hydrogens is 314 g/mol. The average Bonchev–Trinajstić information content (AvgIpc) is 2.87. The zero-order valence-electron chi connectivity index (χ0n) is 15.8. The van der Waals surface area contributed by atoms with Gasteiger partial charge in [0.2, 0.25) is 5.91 Å². The number of fused-ring (bicyclic) bond motifs is 2. The number of hydrogen-bond donors (Lipinski definition) is 1. The predicted molar refractivity (Wildman–Crippen MR) is 98.5 cm³/mol. The first kappa shape index (κ1) is 17.8. The van der Waals surface area contributed by atoms with Crippen LogP contribution in [0.3, 0.4) is 0 Å². The van der Waals surface area contributed by atoms with E-state index in [-0.39, 0.29) is 23.4 Å². The molecule has 5 heteroatoms. The van der Waals surface area contributed by atoms with E-state index in [1.165, 1.54) is 16.7 Å². The van der Waals surface area contributed by atoms with Crippen molar-refractivity contribution in [2.75, 3.05) is 27.2 Å². The van der Waals surface area contributed by atoms with E-state index < -0.39 is 0 Å². The van der Waals surface area contributed by atoms with Crippen molar-refractivity contribution < 1.29 is 9.59 Å². The lowest BCUT2D eigenvalue weighted by Gasteiger charge is -2.40. The Kier molecular flexibility index (Phi) is 4.76. The second kappa shape index (κ2) is 6.70. The fraction of sp³-hybridized carbons (Fsp3) is 0.600. The van der Waals surface area contributed by atoms with Gasteiger partial charge in [-0.3, -0.25) is 4.79 Å². The van der Waals surface area contributed by atoms with Crippen LogP contribution in [0.2, 0.25) is 0 Å². The van der Waals surface area contributed by atoms with Gasteiger partial charge in [-0.05, 0) is 37.3 Å². The summed E-state index contributed by atoms with van der Waals surface area (Å²) in [7, 11) is 3.54. The van der Waals surface area contributed by atoms with Crippen LogP contribution in [0, 0.1) is 6.92 Å². The lowest BCUT2D eigenvalue weighted by Crippen LogP contribution is -2.44. The van der Waals surface area contributed by atoms with E-state index in [0.29, 0.717) is 6.42 Å². The molecule has 0 saturated carbocycles. The number of nitrogens with zero attached hydrogens (tertiary/aromatic N) is 2. The van der Waals surface area contributed by atoms with Crippen LogP contribution in [0.25, 0.3) is 0 Å². The summed E-state index contributed by atoms with van der Waals surface area (Å²) in [6.45, 7) is 5.67. The molecule has 2 aliphatic rings. The Balaban J connectivity index is 1.86. The molecule has 0 aromatic heterocycles. The van der Waals surface area contributed by atoms with E-state index >= 15 is 0 Å². The topological polar surface area (TPSA) is 52.7 Å². The summed E-state index contributed by atoms with van der Waals surface area (Å²) in [6.07, 6.45) is 3.46. The van der Waals surface area contributed by atoms with Gasteiger partial charge in [0, 0.05) is 39.0 Å². The summed E-state index contributed by atoms with van der Waals surface area (Å²) in [6, 6.07) is 6.59. The van der Waals surface area contributed by atoms with Crippen LogP contribution in [0.15, 0.2) is 18.2 Å². The molecule has 3 rings (SSSR count). The summed E-state index contributed by atoms with van der Waals surface area (Å²) in [5.74, 6) is 0.245. The van der Waals surface area contributed by atoms with E-state index in [9.17, 15) is 9.59 Å². The highest BCUT2D eigenvalue weighted by molar-refractivity contribution is 5.76. The van der Waals surface area contributed by atoms with Gasteiger partial charge in [-0.2, -0.15) is 0 Å². The molecule has 1 saturated heterocycles. The third-order valence-electron chi connectivity index (χ3n) is 5.83. The molecule has 1 aromatic carbocycles. The van der Waals surface area contributed by atoms with Gasteiger partial charge < -0.3 is 15.1 Å². The van der Waals surface area contributed by atoms with E-state index in [4.69, 9.17) is 0 Å². The second-order valence-corrected chi connectivity index (χ2v) is 7.71. The first-order valence-electron chi connectivity index (χ1n) is 9.23. The lowest BCUT2D eigenvalue weighted by atomic mass is 9.73. The normalized spacial score (nSPS) is 21.1. The summed E-state index contributed by atoms with van der Waals surface area (Å²) in [5.41, 5.74) is 3.96. The number of benzene rings is 1. The summed E-state index contributed by atoms with van der Waals surface area (Å²) in [5, 5.41) is 3.18. The van der Waals surface area contributed by atoms with Gasteiger partial charge in [0.25, 0.3) is 0 Å². The van der Waals surface area contributed by atoms with Crippen LogP contribution >= 0.6 is 0 Å². The van der Waals surface area contributed by atoms with Crippen molar-refractivity contribution in [2.45, 2.75) is 51.0 Å². The van der Waals surface area contributed by atoms with Gasteiger partial charge in [0.05, 0.1) is 6.04 Å². The van der Waals surface area contributed by atoms with Gasteiger partial charge in [-0.1, -0.05) is 30.7 Å². The Morgan fingerprint density at radius 1 is 1.28 bits per heavy atom. The maximum Gasteiger partial charge on any atom is 0.317 e. The highest BCUT2D eigenvalue weighted by Crippen LogP contribution is 2.51. The van der Waals surface area contributed by atoms with E-state index in [2.05, 4.69) is 30.4 Å². The first-order valence-corrected chi connectivity index (χ1v) is 9.23. The predicted octanol–water partition coefficient (Wildman–Crippen LogP) is 2.98. The van der Waals surface area contributed by atoms with E-state index in [0.717, 1.165) is 32.4 Å². The number of urea groups is 1. The third kappa shape index (κ3) is 3.24. The standard InChI is InChI=1S/C20H29N3O2/c1-5-18(24)23-10-8-20(9-11-23)13-17(21-19(25)22(3)4)15-7-6-14(2)12-16(15)20/h6-7,12,17H,5,8-11,13H2,1-4H3,(H,21,25)/t17-/m1/s1. The lowest BCUT2D eigenvalue weighted by molar-refractivity contribution is -0.132. The van der Waals surface area contributed by atoms with Crippen LogP contribution in [0.1, 0.15) is 55.3 Å². The molecule has 1 aliphatic carbocycles. The Bertz CT molecular complexity index is 676. The molecule has 1 N–H and O–H groups in total. The minimum Gasteiger partial charge on any atom is -0.343 e. The fourth-order valence-electron chi connectivity index (χ4n) is 4.33. The van der Waals surface area contributed by atoms with Crippen LogP contribution in [0.4, 0.5) is 4.79 Å². The number of rotatable bonds is 2. The van der Waals surface area contributed by atoms with Crippen molar-refractivity contribution >= 4 is 11.9 Å². The maximum absolute atomic E-state index is 12.2. The SMILES string of the molecule is CCC(=O)N1CCC2(CC1)C[C@@H](NC(=O)N(C)C)c1ccc(C)cc12. The van der Waals surface area contributed by atoms with Crippen molar-refractivity contribution in [3.05, 3.63) is 34.9 Å². The van der Waals surface area contributed by atoms with Gasteiger partial charge >= 0.3 is 6.03 Å². The summed E-state index contributed by atoms with van der Waals surface area (Å²) < 4.78 is 0. The molecule has 1 spiro atoms. The number of hydrogen-bond acceptors (Lipinski definition) is 2. The summed E-state index contributed by atoms with van der Waals surface area (Å²) in [4.78, 5) is 27.8. The van der Waals surface area contributed by atoms with Crippen molar-refractivity contribution in [1.82, 2.24) is 15.1 Å². The number of carbonyl (C=O) groups is 2. The Morgan fingerprint density at radius 2 is 1.96 bits per heavy atom. The van der Waals surface area contributed by atoms with Crippen LogP contribution in [-0.4, -0.2) is 48.9 Å². The molecule has 1 aromatic rings. The van der Waals surface area contributed by atoms with Crippen LogP contribution in [0.5, 0.6) is 0 Å². The number of likely N-dealkylation sites (tertiary alicyclic amines) is 1. The Morgan fingerprint density at radius 3 is 2.56 bits per heavy atom. The Hall–Kier alpha value is -2.04. The molecule has 0 radical (unpaired) electrons. The molecule has 5 nitrogen and oxygen atoms in total. The van der Waals surface area contributed by atoms with E-state index in [1.54, 1.807) is 19.0 Å². The van der Waals surface area contributed by atoms with Crippen LogP contribution < -0.4 is 5.32 Å². The minimum absolute atomic E-state index is 0.0489. The van der Waals surface area contributed by atoms with Crippen molar-refractivity contribution in [3.8, 4) is 0 Å². The zero-order valence-corrected chi connectivity index (χ0v) is 15.8. The Labute approximate surface area is 150 Å². The van der Waals surface area contributed by atoms with Gasteiger partial charge in [-0.25, -0.2) is 4.79 Å². The number of piperidine rings is 1. The molecule has 25 heavy (non-hydrogen) atoms. The fourth-order valence-corrected chi connectivity index (χ4v) is 4.33. The first-order chi connectivity index (χ1) is 11.9. The molecule has 136 valence electrons. The highest BCUT2D eigenvalue weighted by atomic mass is 16.2. The monoisotopic (exact) mass is 343 g/mol. The molecular formula is C20H29N3O2. The number of aryl methyl sites for hydroxylation is 1. The zero-order chi connectivity index (χ0) is 18.2. The highest BCUT2D eigenvalue weighted by Gasteiger charge is 2.46. The second-order valence-electron chi connectivity index (χ2n) is 7.71. The molecule has 1 fully saturated rings. The average molecular weight is 343 g/mol. The van der Waals surface area contributed by atoms with E-state index in [1.807, 2.05) is 11.8 Å². The number of amides is 3. The van der Waals surface area contributed by atoms with Crippen molar-refractivity contribution in [1.29, 1.82) is 0 Å². The molecule has 1 atom stereocenters. The summed E-state index contributed by atoms with van der Waals surface area (Å²) >= 11 is 0. The molecule has 1 aliphatic heterocycles. The van der Waals surface area contributed by atoms with Gasteiger partial charge in [0.1, 0.15) is 0 Å². The number of carbonyl (C=O) groups excluding carboxylic acids is 2. The number of nitrogens with one attached hydrogen (secondary N) is 1. The van der Waals surface area contributed by atoms with Gasteiger partial charge in [0.15, 0.2) is 0 Å². The maximum atomic E-state index is 12.2. The molecule has 0 bridgehead atoms. The molecule has 1 heterocycles. The quantitative estimate of drug-likeness (QED) is 0.897.